The van der Waals surface area contributed by atoms with Gasteiger partial charge in [0, 0.05) is 23.7 Å². The summed E-state index contributed by atoms with van der Waals surface area (Å²) in [5.41, 5.74) is 3.35. The highest BCUT2D eigenvalue weighted by atomic mass is 31.2. The summed E-state index contributed by atoms with van der Waals surface area (Å²) in [6, 6.07) is 33.1. The van der Waals surface area contributed by atoms with Gasteiger partial charge in [-0.1, -0.05) is 103 Å². The quantitative estimate of drug-likeness (QED) is 0.274. The number of hydrogen-bond donors (Lipinski definition) is 0. The molecule has 0 spiro atoms. The fraction of sp³-hybridized carbons (Fsp3) is 0.219. The zero-order chi connectivity index (χ0) is 24.9. The van der Waals surface area contributed by atoms with Crippen LogP contribution in [-0.2, 0) is 14.5 Å². The lowest BCUT2D eigenvalue weighted by Gasteiger charge is -2.43. The second-order valence-corrected chi connectivity index (χ2v) is 13.2. The van der Waals surface area contributed by atoms with Crippen LogP contribution in [0.5, 0.6) is 0 Å². The molecule has 0 amide bonds. The molecule has 4 aromatic rings. The first-order valence-electron chi connectivity index (χ1n) is 12.6. The molecule has 0 radical (unpaired) electrons. The molecule has 3 nitrogen and oxygen atoms in total. The molecule has 0 aromatic heterocycles. The Morgan fingerprint density at radius 3 is 2.39 bits per heavy atom. The molecular formula is C32H30NO2P. The lowest BCUT2D eigenvalue weighted by atomic mass is 9.71. The van der Waals surface area contributed by atoms with Crippen LogP contribution in [0, 0.1) is 5.92 Å². The minimum atomic E-state index is -3.30. The van der Waals surface area contributed by atoms with E-state index in [1.54, 1.807) is 6.92 Å². The monoisotopic (exact) mass is 491 g/mol. The van der Waals surface area contributed by atoms with Gasteiger partial charge in [0.2, 0.25) is 0 Å². The van der Waals surface area contributed by atoms with E-state index in [-0.39, 0.29) is 17.7 Å². The van der Waals surface area contributed by atoms with Crippen molar-refractivity contribution >= 4 is 35.2 Å². The van der Waals surface area contributed by atoms with Crippen molar-refractivity contribution in [3.63, 3.8) is 0 Å². The number of nitrogens with zero attached hydrogens (tertiary/aromatic N) is 1. The minimum Gasteiger partial charge on any atom is -0.300 e. The largest absolute Gasteiger partial charge is 0.300 e. The van der Waals surface area contributed by atoms with Crippen molar-refractivity contribution in [3.8, 4) is 0 Å². The van der Waals surface area contributed by atoms with Crippen LogP contribution in [0.2, 0.25) is 0 Å². The second kappa shape index (κ2) is 8.69. The summed E-state index contributed by atoms with van der Waals surface area (Å²) in [6.07, 6.45) is 5.39. The van der Waals surface area contributed by atoms with Crippen LogP contribution >= 0.6 is 7.29 Å². The molecule has 0 bridgehead atoms. The molecule has 1 aliphatic heterocycles. The maximum absolute atomic E-state index is 16.2. The van der Waals surface area contributed by atoms with Gasteiger partial charge in [-0.2, -0.15) is 0 Å². The van der Waals surface area contributed by atoms with Crippen LogP contribution in [0.25, 0.3) is 16.8 Å². The molecule has 1 saturated heterocycles. The van der Waals surface area contributed by atoms with E-state index in [1.807, 2.05) is 43.4 Å². The standard InChI is InChI=1S/C32H30NO2P/c1-23(34)21-22-32-28-17-9-7-12-25(28)19-20-29(32)31(26-13-4-3-5-14-26)33(2)36(32,35)30-18-10-15-24-11-6-8-16-27(24)30/h3-20,29,31H,21-22H2,1-2H3/t29-,31+,32-,36-/m1/s1. The van der Waals surface area contributed by atoms with Gasteiger partial charge in [0.15, 0.2) is 7.29 Å². The Morgan fingerprint density at radius 1 is 0.889 bits per heavy atom. The maximum Gasteiger partial charge on any atom is 0.190 e. The predicted octanol–water partition coefficient (Wildman–Crippen LogP) is 7.34. The van der Waals surface area contributed by atoms with Crippen molar-refractivity contribution < 1.29 is 9.36 Å². The molecule has 0 N–H and O–H groups in total. The fourth-order valence-corrected chi connectivity index (χ4v) is 11.1. The molecule has 4 atom stereocenters. The van der Waals surface area contributed by atoms with E-state index in [9.17, 15) is 4.79 Å². The van der Waals surface area contributed by atoms with Crippen LogP contribution in [0.1, 0.15) is 42.5 Å². The van der Waals surface area contributed by atoms with Gasteiger partial charge in [0.1, 0.15) is 5.78 Å². The van der Waals surface area contributed by atoms with Gasteiger partial charge in [0.05, 0.1) is 5.16 Å². The van der Waals surface area contributed by atoms with Gasteiger partial charge in [-0.25, -0.2) is 4.67 Å². The average molecular weight is 492 g/mol. The summed E-state index contributed by atoms with van der Waals surface area (Å²) < 4.78 is 18.4. The van der Waals surface area contributed by atoms with E-state index in [0.29, 0.717) is 12.8 Å². The fourth-order valence-electron chi connectivity index (χ4n) is 6.75. The smallest absolute Gasteiger partial charge is 0.190 e. The summed E-state index contributed by atoms with van der Waals surface area (Å²) in [5.74, 6) is 0.0920. The first-order valence-corrected chi connectivity index (χ1v) is 14.3. The van der Waals surface area contributed by atoms with Gasteiger partial charge >= 0.3 is 0 Å². The Morgan fingerprint density at radius 2 is 1.58 bits per heavy atom. The maximum atomic E-state index is 16.2. The van der Waals surface area contributed by atoms with Gasteiger partial charge in [-0.05, 0) is 53.9 Å². The third kappa shape index (κ3) is 3.16. The molecular weight excluding hydrogens is 461 g/mol. The van der Waals surface area contributed by atoms with Gasteiger partial charge in [0.25, 0.3) is 0 Å². The number of Topliss-reactive ketones (excluding diaryl/α,β-unsaturated/α-hetero) is 1. The zero-order valence-corrected chi connectivity index (χ0v) is 21.6. The predicted molar refractivity (Wildman–Crippen MR) is 149 cm³/mol. The van der Waals surface area contributed by atoms with Crippen molar-refractivity contribution in [2.45, 2.75) is 31.0 Å². The molecule has 36 heavy (non-hydrogen) atoms. The third-order valence-electron chi connectivity index (χ3n) is 8.28. The Kier molecular flexibility index (Phi) is 5.59. The molecule has 1 aliphatic carbocycles. The summed E-state index contributed by atoms with van der Waals surface area (Å²) in [5, 5.41) is 2.28. The number of benzene rings is 4. The van der Waals surface area contributed by atoms with Crippen molar-refractivity contribution in [2.75, 3.05) is 7.05 Å². The first-order chi connectivity index (χ1) is 17.5. The highest BCUT2D eigenvalue weighted by Gasteiger charge is 2.67. The Labute approximate surface area is 212 Å². The molecule has 4 aromatic carbocycles. The van der Waals surface area contributed by atoms with Crippen molar-refractivity contribution in [2.24, 2.45) is 5.92 Å². The number of carbonyl (C=O) groups is 1. The average Bonchev–Trinajstić information content (AvgIpc) is 3.12. The number of fused-ring (bicyclic) bond motifs is 4. The highest BCUT2D eigenvalue weighted by molar-refractivity contribution is 7.71. The van der Waals surface area contributed by atoms with Crippen molar-refractivity contribution in [3.05, 3.63) is 120 Å². The summed E-state index contributed by atoms with van der Waals surface area (Å²) in [6.45, 7) is 1.65. The molecule has 180 valence electrons. The van der Waals surface area contributed by atoms with Crippen LogP contribution in [0.4, 0.5) is 0 Å². The molecule has 0 unspecified atom stereocenters. The zero-order valence-electron chi connectivity index (χ0n) is 20.7. The number of carbonyl (C=O) groups excluding carboxylic acids is 1. The van der Waals surface area contributed by atoms with E-state index in [0.717, 1.165) is 32.8 Å². The van der Waals surface area contributed by atoms with E-state index < -0.39 is 12.4 Å². The molecule has 2 aliphatic rings. The summed E-state index contributed by atoms with van der Waals surface area (Å²) in [7, 11) is -1.27. The van der Waals surface area contributed by atoms with E-state index in [1.165, 1.54) is 0 Å². The first kappa shape index (κ1) is 23.2. The van der Waals surface area contributed by atoms with Crippen LogP contribution in [0.3, 0.4) is 0 Å². The second-order valence-electron chi connectivity index (χ2n) is 10.1. The number of ketones is 1. The topological polar surface area (TPSA) is 37.4 Å². The summed E-state index contributed by atoms with van der Waals surface area (Å²) >= 11 is 0. The van der Waals surface area contributed by atoms with Gasteiger partial charge < -0.3 is 9.36 Å². The highest BCUT2D eigenvalue weighted by Crippen LogP contribution is 2.80. The lowest BCUT2D eigenvalue weighted by Crippen LogP contribution is -2.37. The van der Waals surface area contributed by atoms with E-state index >= 15 is 4.57 Å². The lowest BCUT2D eigenvalue weighted by molar-refractivity contribution is -0.117. The molecule has 4 heteroatoms. The Bertz CT molecular complexity index is 1540. The Hall–Kier alpha value is -3.26. The van der Waals surface area contributed by atoms with E-state index in [4.69, 9.17) is 0 Å². The minimum absolute atomic E-state index is 0.0380. The van der Waals surface area contributed by atoms with Gasteiger partial charge in [-0.15, -0.1) is 0 Å². The van der Waals surface area contributed by atoms with E-state index in [2.05, 4.69) is 77.5 Å². The normalized spacial score (nSPS) is 27.1. The van der Waals surface area contributed by atoms with Crippen LogP contribution in [-0.4, -0.2) is 17.5 Å². The third-order valence-corrected chi connectivity index (χ3v) is 12.3. The van der Waals surface area contributed by atoms with Crippen molar-refractivity contribution in [1.29, 1.82) is 0 Å². The van der Waals surface area contributed by atoms with Gasteiger partial charge in [-0.3, -0.25) is 0 Å². The SMILES string of the molecule is CC(=O)CC[C@@]12c3ccccc3C=C[C@@H]1[C@H](c1ccccc1)N(C)[P@@]2(=O)c1cccc2ccccc12. The molecule has 1 heterocycles. The number of hydrogen-bond acceptors (Lipinski definition) is 2. The molecule has 6 rings (SSSR count). The van der Waals surface area contributed by atoms with Crippen LogP contribution < -0.4 is 5.30 Å². The Balaban J connectivity index is 1.73. The summed E-state index contributed by atoms with van der Waals surface area (Å²) in [4.78, 5) is 12.5. The number of rotatable bonds is 5. The van der Waals surface area contributed by atoms with Crippen molar-refractivity contribution in [1.82, 2.24) is 4.67 Å². The molecule has 1 fully saturated rings. The van der Waals surface area contributed by atoms with Crippen LogP contribution in [0.15, 0.2) is 103 Å². The molecule has 0 saturated carbocycles.